The van der Waals surface area contributed by atoms with E-state index in [9.17, 15) is 0 Å². The number of rotatable bonds is 4. The number of aromatic nitrogens is 2. The van der Waals surface area contributed by atoms with Crippen LogP contribution in [0, 0.1) is 13.8 Å². The molecule has 0 unspecified atom stereocenters. The molecule has 0 atom stereocenters. The quantitative estimate of drug-likeness (QED) is 0.694. The second-order valence-corrected chi connectivity index (χ2v) is 7.21. The summed E-state index contributed by atoms with van der Waals surface area (Å²) in [7, 11) is 0. The average molecular weight is 361 g/mol. The molecule has 2 saturated carbocycles. The summed E-state index contributed by atoms with van der Waals surface area (Å²) in [5, 5.41) is 0.509. The standard InChI is InChI=1S/C10H12ClNO.C10H13NO/c1-7-5-9(11)12-10(6-7)13-8-3-2-4-8;1-8-5-6-11-10(7-8)12-9-3-2-4-9/h5-6,8H,2-4H2,1H3;5-7,9H,2-4H2,1H3. The number of halogens is 1. The number of aryl methyl sites for hydroxylation is 2. The SMILES string of the molecule is Cc1cc(Cl)nc(OC2CCC2)c1.Cc1ccnc(OC2CCC2)c1. The van der Waals surface area contributed by atoms with Gasteiger partial charge < -0.3 is 9.47 Å². The Morgan fingerprint density at radius 3 is 2.00 bits per heavy atom. The van der Waals surface area contributed by atoms with Gasteiger partial charge in [-0.15, -0.1) is 0 Å². The molecule has 0 spiro atoms. The lowest BCUT2D eigenvalue weighted by atomic mass is 9.96. The minimum atomic E-state index is 0.366. The van der Waals surface area contributed by atoms with Gasteiger partial charge in [-0.05, 0) is 75.6 Å². The zero-order valence-electron chi connectivity index (χ0n) is 14.9. The highest BCUT2D eigenvalue weighted by atomic mass is 35.5. The summed E-state index contributed by atoms with van der Waals surface area (Å²) in [5.74, 6) is 1.44. The predicted molar refractivity (Wildman–Crippen MR) is 99.5 cm³/mol. The Bertz CT molecular complexity index is 680. The lowest BCUT2D eigenvalue weighted by Crippen LogP contribution is -2.24. The second-order valence-electron chi connectivity index (χ2n) is 6.82. The van der Waals surface area contributed by atoms with Gasteiger partial charge in [0, 0.05) is 18.3 Å². The van der Waals surface area contributed by atoms with Gasteiger partial charge in [0.05, 0.1) is 0 Å². The van der Waals surface area contributed by atoms with Gasteiger partial charge in [0.15, 0.2) is 0 Å². The molecule has 5 heteroatoms. The fourth-order valence-electron chi connectivity index (χ4n) is 2.55. The summed E-state index contributed by atoms with van der Waals surface area (Å²) >= 11 is 5.80. The van der Waals surface area contributed by atoms with E-state index in [1.807, 2.05) is 31.2 Å². The molecule has 0 bridgehead atoms. The number of pyridine rings is 2. The van der Waals surface area contributed by atoms with Crippen molar-refractivity contribution in [2.24, 2.45) is 0 Å². The van der Waals surface area contributed by atoms with E-state index in [1.54, 1.807) is 6.20 Å². The Kier molecular flexibility index (Phi) is 6.14. The van der Waals surface area contributed by atoms with Crippen LogP contribution in [-0.2, 0) is 0 Å². The summed E-state index contributed by atoms with van der Waals surface area (Å²) in [6, 6.07) is 7.71. The molecule has 0 saturated heterocycles. The van der Waals surface area contributed by atoms with Crippen LogP contribution >= 0.6 is 11.6 Å². The van der Waals surface area contributed by atoms with Gasteiger partial charge in [-0.1, -0.05) is 11.6 Å². The molecule has 2 aliphatic rings. The first-order valence-corrected chi connectivity index (χ1v) is 9.36. The third kappa shape index (κ3) is 5.60. The maximum atomic E-state index is 5.80. The summed E-state index contributed by atoms with van der Waals surface area (Å²) in [5.41, 5.74) is 2.30. The zero-order valence-corrected chi connectivity index (χ0v) is 15.6. The highest BCUT2D eigenvalue weighted by molar-refractivity contribution is 6.29. The Labute approximate surface area is 154 Å². The van der Waals surface area contributed by atoms with Crippen LogP contribution in [0.1, 0.15) is 49.7 Å². The van der Waals surface area contributed by atoms with Crippen LogP contribution < -0.4 is 9.47 Å². The molecule has 2 aliphatic carbocycles. The Balaban J connectivity index is 0.000000146. The maximum absolute atomic E-state index is 5.80. The molecule has 134 valence electrons. The van der Waals surface area contributed by atoms with E-state index in [1.165, 1.54) is 31.2 Å². The summed E-state index contributed by atoms with van der Waals surface area (Å²) < 4.78 is 11.2. The molecule has 2 aromatic rings. The molecule has 2 heterocycles. The molecule has 4 rings (SSSR count). The molecule has 2 fully saturated rings. The first kappa shape index (κ1) is 18.0. The van der Waals surface area contributed by atoms with Gasteiger partial charge in [0.1, 0.15) is 17.4 Å². The van der Waals surface area contributed by atoms with Crippen LogP contribution in [0.5, 0.6) is 11.8 Å². The van der Waals surface area contributed by atoms with Crippen molar-refractivity contribution in [2.75, 3.05) is 0 Å². The molecular formula is C20H25ClN2O2. The van der Waals surface area contributed by atoms with Crippen molar-refractivity contribution in [3.63, 3.8) is 0 Å². The van der Waals surface area contributed by atoms with Crippen molar-refractivity contribution < 1.29 is 9.47 Å². The normalized spacial score (nSPS) is 16.9. The third-order valence-electron chi connectivity index (χ3n) is 4.48. The van der Waals surface area contributed by atoms with Crippen LogP contribution in [0.3, 0.4) is 0 Å². The molecular weight excluding hydrogens is 336 g/mol. The number of hydrogen-bond donors (Lipinski definition) is 0. The van der Waals surface area contributed by atoms with Gasteiger partial charge in [-0.25, -0.2) is 9.97 Å². The third-order valence-corrected chi connectivity index (χ3v) is 4.68. The Hall–Kier alpha value is -1.81. The molecule has 4 nitrogen and oxygen atoms in total. The Morgan fingerprint density at radius 2 is 1.48 bits per heavy atom. The fourth-order valence-corrected chi connectivity index (χ4v) is 2.80. The van der Waals surface area contributed by atoms with Crippen LogP contribution in [0.25, 0.3) is 0 Å². The van der Waals surface area contributed by atoms with E-state index in [0.717, 1.165) is 24.3 Å². The molecule has 0 amide bonds. The van der Waals surface area contributed by atoms with Crippen LogP contribution in [-0.4, -0.2) is 22.2 Å². The van der Waals surface area contributed by atoms with Crippen molar-refractivity contribution in [1.82, 2.24) is 9.97 Å². The minimum absolute atomic E-state index is 0.366. The second kappa shape index (κ2) is 8.52. The fraction of sp³-hybridized carbons (Fsp3) is 0.500. The maximum Gasteiger partial charge on any atom is 0.215 e. The Morgan fingerprint density at radius 1 is 0.880 bits per heavy atom. The van der Waals surface area contributed by atoms with Crippen molar-refractivity contribution in [3.8, 4) is 11.8 Å². The molecule has 2 aromatic heterocycles. The summed E-state index contributed by atoms with van der Waals surface area (Å²) in [6.07, 6.45) is 9.83. The predicted octanol–water partition coefficient (Wildman–Crippen LogP) is 5.30. The largest absolute Gasteiger partial charge is 0.474 e. The van der Waals surface area contributed by atoms with Crippen molar-refractivity contribution in [3.05, 3.63) is 46.7 Å². The minimum Gasteiger partial charge on any atom is -0.474 e. The first-order valence-electron chi connectivity index (χ1n) is 8.98. The highest BCUT2D eigenvalue weighted by Gasteiger charge is 2.20. The van der Waals surface area contributed by atoms with Gasteiger partial charge in [0.2, 0.25) is 11.8 Å². The number of hydrogen-bond acceptors (Lipinski definition) is 4. The monoisotopic (exact) mass is 360 g/mol. The van der Waals surface area contributed by atoms with E-state index in [-0.39, 0.29) is 0 Å². The summed E-state index contributed by atoms with van der Waals surface area (Å²) in [6.45, 7) is 4.04. The smallest absolute Gasteiger partial charge is 0.215 e. The van der Waals surface area contributed by atoms with Gasteiger partial charge >= 0.3 is 0 Å². The van der Waals surface area contributed by atoms with Gasteiger partial charge in [-0.3, -0.25) is 0 Å². The molecule has 0 aromatic carbocycles. The highest BCUT2D eigenvalue weighted by Crippen LogP contribution is 2.25. The van der Waals surface area contributed by atoms with Crippen LogP contribution in [0.2, 0.25) is 5.15 Å². The molecule has 25 heavy (non-hydrogen) atoms. The van der Waals surface area contributed by atoms with Crippen LogP contribution in [0.15, 0.2) is 30.5 Å². The van der Waals surface area contributed by atoms with E-state index < -0.39 is 0 Å². The van der Waals surface area contributed by atoms with E-state index in [4.69, 9.17) is 21.1 Å². The number of nitrogens with zero attached hydrogens (tertiary/aromatic N) is 2. The lowest BCUT2D eigenvalue weighted by Gasteiger charge is -2.25. The van der Waals surface area contributed by atoms with Crippen LogP contribution in [0.4, 0.5) is 0 Å². The van der Waals surface area contributed by atoms with Crippen molar-refractivity contribution >= 4 is 11.6 Å². The van der Waals surface area contributed by atoms with Crippen molar-refractivity contribution in [2.45, 2.75) is 64.6 Å². The topological polar surface area (TPSA) is 44.2 Å². The van der Waals surface area contributed by atoms with E-state index in [0.29, 0.717) is 23.2 Å². The first-order chi connectivity index (χ1) is 12.1. The van der Waals surface area contributed by atoms with E-state index in [2.05, 4.69) is 16.9 Å². The number of ether oxygens (including phenoxy) is 2. The van der Waals surface area contributed by atoms with Gasteiger partial charge in [0.25, 0.3) is 0 Å². The molecule has 0 N–H and O–H groups in total. The average Bonchev–Trinajstić information content (AvgIpc) is 2.47. The zero-order chi connectivity index (χ0) is 17.6. The summed E-state index contributed by atoms with van der Waals surface area (Å²) in [4.78, 5) is 8.24. The lowest BCUT2D eigenvalue weighted by molar-refractivity contribution is 0.114. The van der Waals surface area contributed by atoms with Crippen molar-refractivity contribution in [1.29, 1.82) is 0 Å². The molecule has 0 radical (unpaired) electrons. The van der Waals surface area contributed by atoms with E-state index >= 15 is 0 Å². The van der Waals surface area contributed by atoms with Gasteiger partial charge in [-0.2, -0.15) is 0 Å². The molecule has 0 aliphatic heterocycles.